The van der Waals surface area contributed by atoms with Crippen LogP contribution in [-0.4, -0.2) is 32.3 Å². The van der Waals surface area contributed by atoms with E-state index in [2.05, 4.69) is 10.6 Å². The minimum Gasteiger partial charge on any atom is -0.497 e. The standard InChI is InChI=1S/C25H28N2O5/c1-30-18-6-3-16(4-7-18)15-32-20-8-5-17-14-24(11-9-19(31-2)10-12-24)25(21(17)13-20)22(28)26-23(29)27-25/h3-8,13,19H,9-12,14-15H2,1-2H3,(H2,26,27,28,29). The van der Waals surface area contributed by atoms with Crippen LogP contribution in [0.1, 0.15) is 42.4 Å². The van der Waals surface area contributed by atoms with Gasteiger partial charge in [0.15, 0.2) is 5.54 Å². The van der Waals surface area contributed by atoms with Gasteiger partial charge < -0.3 is 19.5 Å². The monoisotopic (exact) mass is 436 g/mol. The fraction of sp³-hybridized carbons (Fsp3) is 0.440. The lowest BCUT2D eigenvalue weighted by Crippen LogP contribution is -2.56. The van der Waals surface area contributed by atoms with Crippen molar-refractivity contribution < 1.29 is 23.8 Å². The van der Waals surface area contributed by atoms with Gasteiger partial charge in [-0.25, -0.2) is 4.79 Å². The summed E-state index contributed by atoms with van der Waals surface area (Å²) in [5.41, 5.74) is 1.55. The van der Waals surface area contributed by atoms with Crippen molar-refractivity contribution in [3.63, 3.8) is 0 Å². The number of methoxy groups -OCH3 is 2. The third-order valence-corrected chi connectivity index (χ3v) is 7.47. The second-order valence-electron chi connectivity index (χ2n) is 9.01. The predicted molar refractivity (Wildman–Crippen MR) is 118 cm³/mol. The summed E-state index contributed by atoms with van der Waals surface area (Å²) in [6.45, 7) is 0.398. The van der Waals surface area contributed by atoms with Crippen molar-refractivity contribution in [2.75, 3.05) is 14.2 Å². The molecule has 0 radical (unpaired) electrons. The van der Waals surface area contributed by atoms with Gasteiger partial charge in [-0.15, -0.1) is 0 Å². The average molecular weight is 437 g/mol. The van der Waals surface area contributed by atoms with Gasteiger partial charge in [0, 0.05) is 12.5 Å². The summed E-state index contributed by atoms with van der Waals surface area (Å²) in [5.74, 6) is 1.21. The van der Waals surface area contributed by atoms with Crippen molar-refractivity contribution in [1.29, 1.82) is 0 Å². The molecule has 3 aliphatic rings. The number of carbonyl (C=O) groups excluding carboxylic acids is 2. The smallest absolute Gasteiger partial charge is 0.322 e. The highest BCUT2D eigenvalue weighted by Gasteiger charge is 2.66. The van der Waals surface area contributed by atoms with E-state index in [0.717, 1.165) is 54.5 Å². The molecule has 2 fully saturated rings. The van der Waals surface area contributed by atoms with Crippen LogP contribution in [0, 0.1) is 5.41 Å². The van der Waals surface area contributed by atoms with Crippen molar-refractivity contribution in [2.24, 2.45) is 5.41 Å². The third kappa shape index (κ3) is 3.14. The molecule has 168 valence electrons. The maximum atomic E-state index is 13.3. The van der Waals surface area contributed by atoms with Gasteiger partial charge in [-0.3, -0.25) is 10.1 Å². The molecule has 32 heavy (non-hydrogen) atoms. The van der Waals surface area contributed by atoms with Crippen LogP contribution < -0.4 is 20.1 Å². The predicted octanol–water partition coefficient (Wildman–Crippen LogP) is 3.44. The summed E-state index contributed by atoms with van der Waals surface area (Å²) in [7, 11) is 3.37. The molecule has 1 heterocycles. The fourth-order valence-corrected chi connectivity index (χ4v) is 5.77. The van der Waals surface area contributed by atoms with Gasteiger partial charge in [-0.1, -0.05) is 18.2 Å². The van der Waals surface area contributed by atoms with Gasteiger partial charge >= 0.3 is 6.03 Å². The van der Waals surface area contributed by atoms with E-state index >= 15 is 0 Å². The molecule has 5 rings (SSSR count). The van der Waals surface area contributed by atoms with E-state index < -0.39 is 11.6 Å². The zero-order chi connectivity index (χ0) is 22.3. The maximum absolute atomic E-state index is 13.3. The molecule has 2 aliphatic carbocycles. The average Bonchev–Trinajstić information content (AvgIpc) is 3.27. The molecule has 1 atom stereocenters. The van der Waals surface area contributed by atoms with Crippen molar-refractivity contribution in [1.82, 2.24) is 10.6 Å². The number of hydrogen-bond acceptors (Lipinski definition) is 5. The zero-order valence-electron chi connectivity index (χ0n) is 18.4. The number of amides is 3. The largest absolute Gasteiger partial charge is 0.497 e. The SMILES string of the molecule is COc1ccc(COc2ccc3c(c2)C2(NC(=O)NC2=O)C2(CCC(OC)CC2)C3)cc1. The molecule has 7 heteroatoms. The van der Waals surface area contributed by atoms with Crippen LogP contribution >= 0.6 is 0 Å². The molecule has 3 amide bonds. The number of imide groups is 1. The highest BCUT2D eigenvalue weighted by molar-refractivity contribution is 6.08. The highest BCUT2D eigenvalue weighted by atomic mass is 16.5. The van der Waals surface area contributed by atoms with E-state index in [0.29, 0.717) is 12.4 Å². The molecule has 0 bridgehead atoms. The second-order valence-corrected chi connectivity index (χ2v) is 9.01. The molecule has 7 nitrogen and oxygen atoms in total. The molecule has 2 N–H and O–H groups in total. The van der Waals surface area contributed by atoms with E-state index in [1.165, 1.54) is 0 Å². The number of benzene rings is 2. The Morgan fingerprint density at radius 2 is 1.72 bits per heavy atom. The lowest BCUT2D eigenvalue weighted by Gasteiger charge is -2.46. The Morgan fingerprint density at radius 3 is 2.34 bits per heavy atom. The Bertz CT molecular complexity index is 1040. The van der Waals surface area contributed by atoms with Gasteiger partial charge in [0.25, 0.3) is 5.91 Å². The molecule has 1 saturated heterocycles. The molecular formula is C25H28N2O5. The van der Waals surface area contributed by atoms with Crippen molar-refractivity contribution in [2.45, 2.75) is 50.4 Å². The maximum Gasteiger partial charge on any atom is 0.322 e. The van der Waals surface area contributed by atoms with Crippen LogP contribution in [0.2, 0.25) is 0 Å². The quantitative estimate of drug-likeness (QED) is 0.702. The number of rotatable bonds is 5. The topological polar surface area (TPSA) is 85.9 Å². The van der Waals surface area contributed by atoms with Crippen LogP contribution in [0.25, 0.3) is 0 Å². The Labute approximate surface area is 187 Å². The summed E-state index contributed by atoms with van der Waals surface area (Å²) < 4.78 is 16.8. The van der Waals surface area contributed by atoms with Gasteiger partial charge in [0.1, 0.15) is 18.1 Å². The number of nitrogens with one attached hydrogen (secondary N) is 2. The normalized spacial score (nSPS) is 28.5. The Kier molecular flexibility index (Phi) is 5.08. The molecule has 1 saturated carbocycles. The van der Waals surface area contributed by atoms with E-state index in [1.807, 2.05) is 42.5 Å². The van der Waals surface area contributed by atoms with Crippen molar-refractivity contribution >= 4 is 11.9 Å². The minimum atomic E-state index is -1.06. The molecular weight excluding hydrogens is 408 g/mol. The van der Waals surface area contributed by atoms with Gasteiger partial charge in [-0.05, 0) is 73.1 Å². The van der Waals surface area contributed by atoms with Gasteiger partial charge in [-0.2, -0.15) is 0 Å². The summed E-state index contributed by atoms with van der Waals surface area (Å²) >= 11 is 0. The molecule has 1 aliphatic heterocycles. The summed E-state index contributed by atoms with van der Waals surface area (Å²) in [5, 5.41) is 5.53. The molecule has 2 spiro atoms. The van der Waals surface area contributed by atoms with Crippen LogP contribution in [0.4, 0.5) is 4.79 Å². The molecule has 2 aromatic rings. The lowest BCUT2D eigenvalue weighted by atomic mass is 9.61. The van der Waals surface area contributed by atoms with E-state index in [1.54, 1.807) is 14.2 Å². The minimum absolute atomic E-state index is 0.199. The van der Waals surface area contributed by atoms with E-state index in [9.17, 15) is 9.59 Å². The molecule has 0 aromatic heterocycles. The first-order valence-corrected chi connectivity index (χ1v) is 11.1. The Morgan fingerprint density at radius 1 is 1.00 bits per heavy atom. The van der Waals surface area contributed by atoms with Crippen LogP contribution in [0.15, 0.2) is 42.5 Å². The van der Waals surface area contributed by atoms with Crippen LogP contribution in [0.5, 0.6) is 11.5 Å². The number of ether oxygens (including phenoxy) is 3. The Hall–Kier alpha value is -3.06. The van der Waals surface area contributed by atoms with Crippen LogP contribution in [0.3, 0.4) is 0 Å². The van der Waals surface area contributed by atoms with E-state index in [4.69, 9.17) is 14.2 Å². The van der Waals surface area contributed by atoms with Gasteiger partial charge in [0.05, 0.1) is 13.2 Å². The van der Waals surface area contributed by atoms with Crippen LogP contribution in [-0.2, 0) is 28.1 Å². The second kappa shape index (κ2) is 7.81. The summed E-state index contributed by atoms with van der Waals surface area (Å²) in [6.07, 6.45) is 4.33. The lowest BCUT2D eigenvalue weighted by molar-refractivity contribution is -0.131. The number of fused-ring (bicyclic) bond motifs is 3. The first-order chi connectivity index (χ1) is 15.5. The molecule has 2 aromatic carbocycles. The fourth-order valence-electron chi connectivity index (χ4n) is 5.77. The number of hydrogen-bond donors (Lipinski definition) is 2. The van der Waals surface area contributed by atoms with Crippen molar-refractivity contribution in [3.8, 4) is 11.5 Å². The van der Waals surface area contributed by atoms with Gasteiger partial charge in [0.2, 0.25) is 0 Å². The van der Waals surface area contributed by atoms with E-state index in [-0.39, 0.29) is 17.4 Å². The first-order valence-electron chi connectivity index (χ1n) is 11.1. The third-order valence-electron chi connectivity index (χ3n) is 7.47. The zero-order valence-corrected chi connectivity index (χ0v) is 18.4. The van der Waals surface area contributed by atoms with Crippen molar-refractivity contribution in [3.05, 3.63) is 59.2 Å². The number of urea groups is 1. The number of carbonyl (C=O) groups is 2. The Balaban J connectivity index is 1.45. The summed E-state index contributed by atoms with van der Waals surface area (Å²) in [6, 6.07) is 13.2. The molecule has 1 unspecified atom stereocenters. The first kappa shape index (κ1) is 20.8. The highest BCUT2D eigenvalue weighted by Crippen LogP contribution is 2.59. The summed E-state index contributed by atoms with van der Waals surface area (Å²) in [4.78, 5) is 25.6.